The Labute approximate surface area is 192 Å². The predicted molar refractivity (Wildman–Crippen MR) is 128 cm³/mol. The van der Waals surface area contributed by atoms with Crippen molar-refractivity contribution in [1.29, 1.82) is 0 Å². The quantitative estimate of drug-likeness (QED) is 0.459. The van der Waals surface area contributed by atoms with Gasteiger partial charge in [0.25, 0.3) is 0 Å². The van der Waals surface area contributed by atoms with E-state index in [1.165, 1.54) is 11.8 Å². The molecule has 0 unspecified atom stereocenters. The highest BCUT2D eigenvalue weighted by Crippen LogP contribution is 2.28. The molecule has 33 heavy (non-hydrogen) atoms. The molecule has 172 valence electrons. The molecule has 3 aromatic heterocycles. The van der Waals surface area contributed by atoms with Gasteiger partial charge in [0.05, 0.1) is 18.6 Å². The minimum atomic E-state index is -0.114. The summed E-state index contributed by atoms with van der Waals surface area (Å²) < 4.78 is 19.4. The van der Waals surface area contributed by atoms with Crippen molar-refractivity contribution in [2.24, 2.45) is 0 Å². The van der Waals surface area contributed by atoms with Gasteiger partial charge in [0.1, 0.15) is 30.0 Å². The Morgan fingerprint density at radius 2 is 1.88 bits per heavy atom. The van der Waals surface area contributed by atoms with Gasteiger partial charge < -0.3 is 18.3 Å². The highest BCUT2D eigenvalue weighted by molar-refractivity contribution is 5.80. The molecule has 1 aromatic carbocycles. The van der Waals surface area contributed by atoms with Crippen molar-refractivity contribution >= 4 is 16.5 Å². The summed E-state index contributed by atoms with van der Waals surface area (Å²) in [6, 6.07) is 13.0. The third-order valence-corrected chi connectivity index (χ3v) is 6.05. The van der Waals surface area contributed by atoms with Crippen molar-refractivity contribution in [1.82, 2.24) is 14.3 Å². The number of ether oxygens (including phenoxy) is 2. The van der Waals surface area contributed by atoms with E-state index in [1.54, 1.807) is 18.5 Å². The molecule has 4 aromatic rings. The zero-order chi connectivity index (χ0) is 23.0. The smallest absolute Gasteiger partial charge is 0.193 e. The van der Waals surface area contributed by atoms with Gasteiger partial charge in [-0.3, -0.25) is 9.69 Å². The summed E-state index contributed by atoms with van der Waals surface area (Å²) in [5.74, 6) is 1.12. The number of aromatic nitrogens is 2. The van der Waals surface area contributed by atoms with Gasteiger partial charge in [0, 0.05) is 42.3 Å². The maximum Gasteiger partial charge on any atom is 0.193 e. The van der Waals surface area contributed by atoms with E-state index in [2.05, 4.69) is 47.2 Å². The molecule has 0 amide bonds. The van der Waals surface area contributed by atoms with E-state index in [0.29, 0.717) is 34.8 Å². The third kappa shape index (κ3) is 4.51. The summed E-state index contributed by atoms with van der Waals surface area (Å²) in [6.45, 7) is 11.3. The maximum atomic E-state index is 12.9. The molecule has 0 aliphatic carbocycles. The molecule has 0 radical (unpaired) electrons. The topological polar surface area (TPSA) is 69.2 Å². The van der Waals surface area contributed by atoms with Gasteiger partial charge in [0.15, 0.2) is 11.2 Å². The average Bonchev–Trinajstić information content (AvgIpc) is 3.24. The fourth-order valence-electron chi connectivity index (χ4n) is 4.22. The van der Waals surface area contributed by atoms with Crippen LogP contribution in [-0.2, 0) is 10.2 Å². The van der Waals surface area contributed by atoms with Crippen LogP contribution in [0.5, 0.6) is 5.75 Å². The second-order valence-electron chi connectivity index (χ2n) is 9.47. The van der Waals surface area contributed by atoms with Gasteiger partial charge >= 0.3 is 0 Å². The van der Waals surface area contributed by atoms with Crippen LogP contribution in [0.2, 0.25) is 0 Å². The van der Waals surface area contributed by atoms with E-state index >= 15 is 0 Å². The molecule has 4 heterocycles. The van der Waals surface area contributed by atoms with Gasteiger partial charge in [-0.2, -0.15) is 0 Å². The molecule has 5 rings (SSSR count). The molecule has 7 nitrogen and oxygen atoms in total. The van der Waals surface area contributed by atoms with Crippen LogP contribution in [0.3, 0.4) is 0 Å². The van der Waals surface area contributed by atoms with E-state index in [-0.39, 0.29) is 10.8 Å². The van der Waals surface area contributed by atoms with Gasteiger partial charge in [-0.1, -0.05) is 20.8 Å². The molecule has 1 aliphatic heterocycles. The lowest BCUT2D eigenvalue weighted by Gasteiger charge is -2.26. The summed E-state index contributed by atoms with van der Waals surface area (Å²) in [5, 5.41) is 0.501. The Morgan fingerprint density at radius 1 is 1.06 bits per heavy atom. The predicted octanol–water partition coefficient (Wildman–Crippen LogP) is 4.12. The lowest BCUT2D eigenvalue weighted by atomic mass is 9.92. The number of rotatable bonds is 5. The van der Waals surface area contributed by atoms with Gasteiger partial charge in [-0.05, 0) is 36.4 Å². The molecule has 7 heteroatoms. The first-order valence-corrected chi connectivity index (χ1v) is 11.4. The highest BCUT2D eigenvalue weighted by atomic mass is 16.5. The largest absolute Gasteiger partial charge is 0.492 e. The van der Waals surface area contributed by atoms with Crippen LogP contribution in [-0.4, -0.2) is 53.7 Å². The fraction of sp³-hybridized carbons (Fsp3) is 0.385. The molecular weight excluding hydrogens is 418 g/mol. The van der Waals surface area contributed by atoms with Crippen molar-refractivity contribution in [3.8, 4) is 17.2 Å². The van der Waals surface area contributed by atoms with E-state index in [4.69, 9.17) is 13.9 Å². The summed E-state index contributed by atoms with van der Waals surface area (Å²) in [7, 11) is 0. The maximum absolute atomic E-state index is 12.9. The first kappa shape index (κ1) is 21.7. The first-order valence-electron chi connectivity index (χ1n) is 11.4. The first-order chi connectivity index (χ1) is 15.9. The van der Waals surface area contributed by atoms with Crippen LogP contribution in [0.15, 0.2) is 58.0 Å². The Hall–Kier alpha value is -3.16. The highest BCUT2D eigenvalue weighted by Gasteiger charge is 2.18. The number of fused-ring (bicyclic) bond motifs is 2. The molecule has 0 atom stereocenters. The van der Waals surface area contributed by atoms with Crippen LogP contribution in [0.25, 0.3) is 27.9 Å². The van der Waals surface area contributed by atoms with Crippen LogP contribution in [0, 0.1) is 0 Å². The van der Waals surface area contributed by atoms with Gasteiger partial charge in [-0.25, -0.2) is 4.98 Å². The standard InChI is InChI=1S/C26H29N3O4/c1-26(2,3)25-7-4-18-14-21(27-17-29(18)25)24-16-22(30)20-15-19(5-6-23(20)33-24)32-13-10-28-8-11-31-12-9-28/h4-7,14-17H,8-13H2,1-3H3. The second-order valence-corrected chi connectivity index (χ2v) is 9.47. The zero-order valence-corrected chi connectivity index (χ0v) is 19.3. The lowest BCUT2D eigenvalue weighted by Crippen LogP contribution is -2.38. The third-order valence-electron chi connectivity index (χ3n) is 6.05. The van der Waals surface area contributed by atoms with Crippen LogP contribution >= 0.6 is 0 Å². The van der Waals surface area contributed by atoms with Crippen molar-refractivity contribution in [2.75, 3.05) is 39.5 Å². The Balaban J connectivity index is 1.38. The molecule has 0 N–H and O–H groups in total. The Kier molecular flexibility index (Phi) is 5.68. The molecule has 1 fully saturated rings. The Bertz CT molecular complexity index is 1340. The monoisotopic (exact) mass is 447 g/mol. The molecule has 0 bridgehead atoms. The number of nitrogens with zero attached hydrogens (tertiary/aromatic N) is 3. The number of hydrogen-bond acceptors (Lipinski definition) is 6. The Morgan fingerprint density at radius 3 is 2.67 bits per heavy atom. The van der Waals surface area contributed by atoms with E-state index in [9.17, 15) is 4.79 Å². The summed E-state index contributed by atoms with van der Waals surface area (Å²) in [5.41, 5.74) is 3.23. The van der Waals surface area contributed by atoms with E-state index in [1.807, 2.05) is 12.1 Å². The van der Waals surface area contributed by atoms with Crippen molar-refractivity contribution in [3.63, 3.8) is 0 Å². The van der Waals surface area contributed by atoms with E-state index in [0.717, 1.165) is 38.4 Å². The summed E-state index contributed by atoms with van der Waals surface area (Å²) in [6.07, 6.45) is 1.79. The summed E-state index contributed by atoms with van der Waals surface area (Å²) >= 11 is 0. The average molecular weight is 448 g/mol. The van der Waals surface area contributed by atoms with Crippen LogP contribution in [0.4, 0.5) is 0 Å². The van der Waals surface area contributed by atoms with Crippen LogP contribution < -0.4 is 10.2 Å². The van der Waals surface area contributed by atoms with Gasteiger partial charge in [0.2, 0.25) is 0 Å². The lowest BCUT2D eigenvalue weighted by molar-refractivity contribution is 0.0322. The molecule has 1 saturated heterocycles. The van der Waals surface area contributed by atoms with Crippen molar-refractivity contribution < 1.29 is 13.9 Å². The van der Waals surface area contributed by atoms with E-state index < -0.39 is 0 Å². The summed E-state index contributed by atoms with van der Waals surface area (Å²) in [4.78, 5) is 19.8. The second kappa shape index (κ2) is 8.65. The van der Waals surface area contributed by atoms with Crippen molar-refractivity contribution in [2.45, 2.75) is 26.2 Å². The SMILES string of the molecule is CC(C)(C)c1ccc2cc(-c3cc(=O)c4cc(OCCN5CCOCC5)ccc4o3)ncn12. The molecule has 0 saturated carbocycles. The molecular formula is C26H29N3O4. The number of hydrogen-bond donors (Lipinski definition) is 0. The van der Waals surface area contributed by atoms with Crippen molar-refractivity contribution in [3.05, 3.63) is 64.7 Å². The molecule has 0 spiro atoms. The van der Waals surface area contributed by atoms with Crippen LogP contribution in [0.1, 0.15) is 26.5 Å². The fourth-order valence-corrected chi connectivity index (χ4v) is 4.22. The number of benzene rings is 1. The molecule has 1 aliphatic rings. The zero-order valence-electron chi connectivity index (χ0n) is 19.3. The normalized spacial score (nSPS) is 15.4. The minimum Gasteiger partial charge on any atom is -0.492 e. The number of morpholine rings is 1. The minimum absolute atomic E-state index is 0.00704. The van der Waals surface area contributed by atoms with Gasteiger partial charge in [-0.15, -0.1) is 0 Å².